The molecule has 1 aromatic carbocycles. The first kappa shape index (κ1) is 15.1. The molecule has 0 radical (unpaired) electrons. The summed E-state index contributed by atoms with van der Waals surface area (Å²) < 4.78 is 51.2. The summed E-state index contributed by atoms with van der Waals surface area (Å²) in [6.07, 6.45) is -4.59. The summed E-state index contributed by atoms with van der Waals surface area (Å²) >= 11 is 5.77. The lowest BCUT2D eigenvalue weighted by Gasteiger charge is -2.09. The third-order valence-electron chi connectivity index (χ3n) is 3.00. The van der Waals surface area contributed by atoms with Crippen LogP contribution in [0.2, 0.25) is 0 Å². The molecule has 2 nitrogen and oxygen atoms in total. The van der Waals surface area contributed by atoms with E-state index < -0.39 is 18.4 Å². The Morgan fingerprint density at radius 1 is 1.20 bits per heavy atom. The quantitative estimate of drug-likeness (QED) is 0.447. The Bertz CT molecular complexity index is 592. The molecular formula is C13H13ClF4N2. The second-order valence-corrected chi connectivity index (χ2v) is 4.79. The Morgan fingerprint density at radius 2 is 1.95 bits per heavy atom. The van der Waals surface area contributed by atoms with Crippen molar-refractivity contribution >= 4 is 22.6 Å². The second-order valence-electron chi connectivity index (χ2n) is 4.52. The van der Waals surface area contributed by atoms with Crippen LogP contribution in [-0.2, 0) is 12.4 Å². The van der Waals surface area contributed by atoms with Crippen molar-refractivity contribution in [1.82, 2.24) is 9.55 Å². The summed E-state index contributed by atoms with van der Waals surface area (Å²) in [5, 5.41) is 0. The van der Waals surface area contributed by atoms with Gasteiger partial charge in [0.15, 0.2) is 0 Å². The van der Waals surface area contributed by atoms with E-state index in [4.69, 9.17) is 11.6 Å². The van der Waals surface area contributed by atoms with Gasteiger partial charge in [-0.1, -0.05) is 0 Å². The van der Waals surface area contributed by atoms with Crippen molar-refractivity contribution in [3.05, 3.63) is 29.8 Å². The first-order valence-corrected chi connectivity index (χ1v) is 6.71. The highest BCUT2D eigenvalue weighted by atomic mass is 35.5. The molecular weight excluding hydrogens is 296 g/mol. The number of fused-ring (bicyclic) bond motifs is 1. The molecule has 7 heteroatoms. The van der Waals surface area contributed by atoms with Crippen LogP contribution in [0.15, 0.2) is 18.2 Å². The zero-order valence-electron chi connectivity index (χ0n) is 10.6. The summed E-state index contributed by atoms with van der Waals surface area (Å²) in [5.74, 6) is 0.268. The Morgan fingerprint density at radius 3 is 2.60 bits per heavy atom. The molecule has 0 atom stereocenters. The van der Waals surface area contributed by atoms with E-state index in [1.165, 1.54) is 18.2 Å². The molecule has 0 unspecified atom stereocenters. The maximum atomic E-state index is 13.3. The van der Waals surface area contributed by atoms with E-state index in [0.717, 1.165) is 0 Å². The topological polar surface area (TPSA) is 17.8 Å². The van der Waals surface area contributed by atoms with Gasteiger partial charge in [-0.2, -0.15) is 13.2 Å². The largest absolute Gasteiger partial charge is 0.389 e. The predicted octanol–water partition coefficient (Wildman–Crippen LogP) is 4.65. The molecule has 1 aromatic heterocycles. The van der Waals surface area contributed by atoms with Gasteiger partial charge in [0.05, 0.1) is 16.9 Å². The average molecular weight is 309 g/mol. The van der Waals surface area contributed by atoms with Gasteiger partial charge in [-0.05, 0) is 31.0 Å². The number of hydrogen-bond acceptors (Lipinski definition) is 1. The third kappa shape index (κ3) is 3.62. The van der Waals surface area contributed by atoms with Crippen LogP contribution in [0.25, 0.3) is 11.0 Å². The van der Waals surface area contributed by atoms with E-state index >= 15 is 0 Å². The number of benzene rings is 1. The van der Waals surface area contributed by atoms with Crippen molar-refractivity contribution < 1.29 is 17.6 Å². The highest BCUT2D eigenvalue weighted by Crippen LogP contribution is 2.24. The molecule has 0 saturated carbocycles. The van der Waals surface area contributed by atoms with Crippen molar-refractivity contribution in [2.45, 2.75) is 37.9 Å². The van der Waals surface area contributed by atoms with Crippen LogP contribution < -0.4 is 0 Å². The Kier molecular flexibility index (Phi) is 4.52. The fourth-order valence-electron chi connectivity index (χ4n) is 2.09. The predicted molar refractivity (Wildman–Crippen MR) is 69.2 cm³/mol. The normalized spacial score (nSPS) is 12.2. The summed E-state index contributed by atoms with van der Waals surface area (Å²) in [6.45, 7) is 0.345. The zero-order chi connectivity index (χ0) is 14.8. The number of nitrogens with zero attached hydrogens (tertiary/aromatic N) is 2. The van der Waals surface area contributed by atoms with E-state index in [1.54, 1.807) is 4.57 Å². The molecule has 2 rings (SSSR count). The summed E-state index contributed by atoms with van der Waals surface area (Å²) in [6, 6.07) is 4.15. The van der Waals surface area contributed by atoms with Crippen LogP contribution in [0.4, 0.5) is 17.6 Å². The number of aryl methyl sites for hydroxylation is 1. The van der Waals surface area contributed by atoms with Gasteiger partial charge >= 0.3 is 6.18 Å². The number of alkyl halides is 4. The first-order valence-electron chi connectivity index (χ1n) is 6.18. The van der Waals surface area contributed by atoms with Gasteiger partial charge in [0, 0.05) is 13.0 Å². The first-order chi connectivity index (χ1) is 9.40. The second kappa shape index (κ2) is 5.99. The standard InChI is InChI=1S/C13H13ClF4N2/c14-8-12-19-10-4-3-9(15)7-11(10)20(12)6-2-1-5-13(16,17)18/h3-4,7H,1-2,5-6,8H2. The fraction of sp³-hybridized carbons (Fsp3) is 0.462. The molecule has 0 aliphatic heterocycles. The fourth-order valence-corrected chi connectivity index (χ4v) is 2.30. The Labute approximate surface area is 118 Å². The van der Waals surface area contributed by atoms with Crippen LogP contribution in [0.1, 0.15) is 25.1 Å². The third-order valence-corrected chi connectivity index (χ3v) is 3.24. The number of hydrogen-bond donors (Lipinski definition) is 0. The Hall–Kier alpha value is -1.30. The summed E-state index contributed by atoms with van der Waals surface area (Å²) in [7, 11) is 0. The summed E-state index contributed by atoms with van der Waals surface area (Å²) in [4.78, 5) is 4.24. The van der Waals surface area contributed by atoms with Crippen molar-refractivity contribution in [2.24, 2.45) is 0 Å². The smallest absolute Gasteiger partial charge is 0.327 e. The number of unbranched alkanes of at least 4 members (excludes halogenated alkanes) is 1. The van der Waals surface area contributed by atoms with Crippen molar-refractivity contribution in [3.63, 3.8) is 0 Å². The molecule has 0 amide bonds. The van der Waals surface area contributed by atoms with Crippen LogP contribution in [0.5, 0.6) is 0 Å². The monoisotopic (exact) mass is 308 g/mol. The van der Waals surface area contributed by atoms with Crippen LogP contribution in [0.3, 0.4) is 0 Å². The molecule has 0 aliphatic rings. The molecule has 2 aromatic rings. The number of imidazole rings is 1. The molecule has 0 spiro atoms. The van der Waals surface area contributed by atoms with Crippen LogP contribution in [0, 0.1) is 5.82 Å². The van der Waals surface area contributed by atoms with E-state index in [0.29, 0.717) is 29.8 Å². The molecule has 0 saturated heterocycles. The maximum absolute atomic E-state index is 13.3. The van der Waals surface area contributed by atoms with E-state index in [-0.39, 0.29) is 12.3 Å². The Balaban J connectivity index is 2.13. The van der Waals surface area contributed by atoms with Crippen LogP contribution in [-0.4, -0.2) is 15.7 Å². The lowest BCUT2D eigenvalue weighted by molar-refractivity contribution is -0.135. The van der Waals surface area contributed by atoms with Gasteiger partial charge in [-0.3, -0.25) is 0 Å². The molecule has 1 heterocycles. The van der Waals surface area contributed by atoms with E-state index in [2.05, 4.69) is 4.98 Å². The van der Waals surface area contributed by atoms with Gasteiger partial charge in [0.1, 0.15) is 11.6 Å². The van der Waals surface area contributed by atoms with Gasteiger partial charge in [0.2, 0.25) is 0 Å². The SMILES string of the molecule is Fc1ccc2nc(CCl)n(CCCCC(F)(F)F)c2c1. The molecule has 110 valence electrons. The molecule has 0 bridgehead atoms. The number of halogens is 5. The number of rotatable bonds is 5. The van der Waals surface area contributed by atoms with Gasteiger partial charge in [0.25, 0.3) is 0 Å². The minimum atomic E-state index is -4.14. The zero-order valence-corrected chi connectivity index (χ0v) is 11.3. The minimum Gasteiger partial charge on any atom is -0.327 e. The lowest BCUT2D eigenvalue weighted by Crippen LogP contribution is -2.08. The van der Waals surface area contributed by atoms with Crippen LogP contribution >= 0.6 is 11.6 Å². The van der Waals surface area contributed by atoms with Gasteiger partial charge < -0.3 is 4.57 Å². The van der Waals surface area contributed by atoms with E-state index in [1.807, 2.05) is 0 Å². The van der Waals surface area contributed by atoms with Gasteiger partial charge in [-0.25, -0.2) is 9.37 Å². The minimum absolute atomic E-state index is 0.0280. The molecule has 20 heavy (non-hydrogen) atoms. The van der Waals surface area contributed by atoms with Gasteiger partial charge in [-0.15, -0.1) is 11.6 Å². The molecule has 0 fully saturated rings. The molecule has 0 N–H and O–H groups in total. The van der Waals surface area contributed by atoms with Crippen molar-refractivity contribution in [3.8, 4) is 0 Å². The van der Waals surface area contributed by atoms with Crippen molar-refractivity contribution in [1.29, 1.82) is 0 Å². The number of aromatic nitrogens is 2. The molecule has 0 aliphatic carbocycles. The highest BCUT2D eigenvalue weighted by molar-refractivity contribution is 6.16. The van der Waals surface area contributed by atoms with E-state index in [9.17, 15) is 17.6 Å². The average Bonchev–Trinajstić information content (AvgIpc) is 2.71. The summed E-state index contributed by atoms with van der Waals surface area (Å²) in [5.41, 5.74) is 1.16. The highest BCUT2D eigenvalue weighted by Gasteiger charge is 2.25. The maximum Gasteiger partial charge on any atom is 0.389 e. The van der Waals surface area contributed by atoms with Crippen molar-refractivity contribution in [2.75, 3.05) is 0 Å². The lowest BCUT2D eigenvalue weighted by atomic mass is 10.2.